The lowest BCUT2D eigenvalue weighted by Gasteiger charge is -2.31. The van der Waals surface area contributed by atoms with Crippen LogP contribution in [0.1, 0.15) is 55.7 Å². The molecule has 3 rings (SSSR count). The molecule has 0 radical (unpaired) electrons. The second kappa shape index (κ2) is 11.7. The van der Waals surface area contributed by atoms with Crippen molar-refractivity contribution < 1.29 is 19.1 Å². The number of hydrogen-bond acceptors (Lipinski definition) is 4. The van der Waals surface area contributed by atoms with Gasteiger partial charge >= 0.3 is 0 Å². The zero-order valence-electron chi connectivity index (χ0n) is 20.2. The van der Waals surface area contributed by atoms with Crippen molar-refractivity contribution in [1.29, 1.82) is 0 Å². The van der Waals surface area contributed by atoms with Gasteiger partial charge in [0.25, 0.3) is 5.91 Å². The van der Waals surface area contributed by atoms with Gasteiger partial charge in [0, 0.05) is 12.6 Å². The molecule has 2 aromatic rings. The molecule has 0 aromatic heterocycles. The highest BCUT2D eigenvalue weighted by Crippen LogP contribution is 2.20. The molecule has 0 aliphatic heterocycles. The highest BCUT2D eigenvalue weighted by molar-refractivity contribution is 5.88. The van der Waals surface area contributed by atoms with E-state index in [1.807, 2.05) is 50.2 Å². The van der Waals surface area contributed by atoms with E-state index in [0.717, 1.165) is 42.4 Å². The molecule has 1 N–H and O–H groups in total. The number of amides is 2. The van der Waals surface area contributed by atoms with Crippen molar-refractivity contribution in [2.24, 2.45) is 0 Å². The SMILES string of the molecule is COc1cccc(CN(C(=O)COc2cc(C)cc(C)c2)[C@@H](C)C(=O)NC2CCCCC2)c1. The molecular weight excluding hydrogens is 416 g/mol. The van der Waals surface area contributed by atoms with Gasteiger partial charge in [-0.1, -0.05) is 37.5 Å². The first kappa shape index (κ1) is 24.6. The summed E-state index contributed by atoms with van der Waals surface area (Å²) in [4.78, 5) is 27.9. The van der Waals surface area contributed by atoms with Crippen molar-refractivity contribution >= 4 is 11.8 Å². The first-order valence-corrected chi connectivity index (χ1v) is 11.8. The number of rotatable bonds is 9. The minimum atomic E-state index is -0.617. The Hall–Kier alpha value is -3.02. The van der Waals surface area contributed by atoms with E-state index in [-0.39, 0.29) is 24.5 Å². The number of methoxy groups -OCH3 is 1. The van der Waals surface area contributed by atoms with Crippen LogP contribution in [0, 0.1) is 13.8 Å². The van der Waals surface area contributed by atoms with Gasteiger partial charge in [-0.3, -0.25) is 9.59 Å². The third-order valence-electron chi connectivity index (χ3n) is 6.16. The maximum absolute atomic E-state index is 13.3. The van der Waals surface area contributed by atoms with Crippen LogP contribution >= 0.6 is 0 Å². The summed E-state index contributed by atoms with van der Waals surface area (Å²) in [7, 11) is 1.61. The largest absolute Gasteiger partial charge is 0.497 e. The molecule has 0 saturated heterocycles. The van der Waals surface area contributed by atoms with Crippen molar-refractivity contribution in [2.75, 3.05) is 13.7 Å². The Balaban J connectivity index is 1.74. The van der Waals surface area contributed by atoms with E-state index in [1.165, 1.54) is 6.42 Å². The van der Waals surface area contributed by atoms with E-state index in [1.54, 1.807) is 18.9 Å². The normalized spacial score (nSPS) is 14.9. The monoisotopic (exact) mass is 452 g/mol. The number of carbonyl (C=O) groups excluding carboxylic acids is 2. The van der Waals surface area contributed by atoms with E-state index in [2.05, 4.69) is 11.4 Å². The van der Waals surface area contributed by atoms with Gasteiger partial charge in [0.05, 0.1) is 7.11 Å². The third-order valence-corrected chi connectivity index (χ3v) is 6.16. The second-order valence-electron chi connectivity index (χ2n) is 9.00. The lowest BCUT2D eigenvalue weighted by atomic mass is 9.95. The zero-order chi connectivity index (χ0) is 23.8. The Morgan fingerprint density at radius 2 is 1.73 bits per heavy atom. The van der Waals surface area contributed by atoms with Crippen molar-refractivity contribution in [3.05, 3.63) is 59.2 Å². The molecule has 1 atom stereocenters. The lowest BCUT2D eigenvalue weighted by molar-refractivity contribution is -0.142. The van der Waals surface area contributed by atoms with Crippen molar-refractivity contribution in [2.45, 2.75) is 71.5 Å². The molecule has 1 saturated carbocycles. The summed E-state index contributed by atoms with van der Waals surface area (Å²) in [5.41, 5.74) is 3.04. The predicted octanol–water partition coefficient (Wildman–Crippen LogP) is 4.56. The Labute approximate surface area is 197 Å². The van der Waals surface area contributed by atoms with Crippen LogP contribution < -0.4 is 14.8 Å². The van der Waals surface area contributed by atoms with Crippen LogP contribution in [-0.2, 0) is 16.1 Å². The maximum Gasteiger partial charge on any atom is 0.261 e. The molecule has 0 spiro atoms. The van der Waals surface area contributed by atoms with Crippen LogP contribution in [0.15, 0.2) is 42.5 Å². The first-order valence-electron chi connectivity index (χ1n) is 11.8. The average molecular weight is 453 g/mol. The van der Waals surface area contributed by atoms with Crippen LogP contribution in [0.25, 0.3) is 0 Å². The molecule has 1 aliphatic rings. The van der Waals surface area contributed by atoms with Crippen molar-refractivity contribution in [1.82, 2.24) is 10.2 Å². The second-order valence-corrected chi connectivity index (χ2v) is 9.00. The van der Waals surface area contributed by atoms with E-state index in [0.29, 0.717) is 18.0 Å². The van der Waals surface area contributed by atoms with Crippen LogP contribution in [0.2, 0.25) is 0 Å². The highest BCUT2D eigenvalue weighted by atomic mass is 16.5. The van der Waals surface area contributed by atoms with Gasteiger partial charge in [-0.2, -0.15) is 0 Å². The molecule has 33 heavy (non-hydrogen) atoms. The predicted molar refractivity (Wildman–Crippen MR) is 129 cm³/mol. The number of carbonyl (C=O) groups is 2. The fraction of sp³-hybridized carbons (Fsp3) is 0.481. The minimum Gasteiger partial charge on any atom is -0.497 e. The van der Waals surface area contributed by atoms with E-state index >= 15 is 0 Å². The summed E-state index contributed by atoms with van der Waals surface area (Å²) in [5.74, 6) is 1.01. The number of nitrogens with one attached hydrogen (secondary N) is 1. The number of benzene rings is 2. The van der Waals surface area contributed by atoms with Crippen molar-refractivity contribution in [3.8, 4) is 11.5 Å². The van der Waals surface area contributed by atoms with Crippen LogP contribution in [0.4, 0.5) is 0 Å². The summed E-state index contributed by atoms with van der Waals surface area (Å²) in [6, 6.07) is 13.0. The van der Waals surface area contributed by atoms with Crippen molar-refractivity contribution in [3.63, 3.8) is 0 Å². The number of nitrogens with zero attached hydrogens (tertiary/aromatic N) is 1. The van der Waals surface area contributed by atoms with Crippen LogP contribution in [0.5, 0.6) is 11.5 Å². The Morgan fingerprint density at radius 1 is 1.03 bits per heavy atom. The van der Waals surface area contributed by atoms with Gasteiger partial charge in [-0.15, -0.1) is 0 Å². The number of aryl methyl sites for hydroxylation is 2. The van der Waals surface area contributed by atoms with Gasteiger partial charge < -0.3 is 19.7 Å². The molecule has 1 aliphatic carbocycles. The number of ether oxygens (including phenoxy) is 2. The molecule has 2 amide bonds. The molecule has 178 valence electrons. The average Bonchev–Trinajstić information content (AvgIpc) is 2.80. The minimum absolute atomic E-state index is 0.121. The molecular formula is C27H36N2O4. The maximum atomic E-state index is 13.3. The van der Waals surface area contributed by atoms with Gasteiger partial charge in [-0.05, 0) is 74.6 Å². The Bertz CT molecular complexity index is 933. The van der Waals surface area contributed by atoms with Gasteiger partial charge in [0.2, 0.25) is 5.91 Å². The Kier molecular flexibility index (Phi) is 8.75. The molecule has 6 nitrogen and oxygen atoms in total. The summed E-state index contributed by atoms with van der Waals surface area (Å²) >= 11 is 0. The molecule has 1 fully saturated rings. The highest BCUT2D eigenvalue weighted by Gasteiger charge is 2.28. The summed E-state index contributed by atoms with van der Waals surface area (Å²) < 4.78 is 11.2. The topological polar surface area (TPSA) is 67.9 Å². The van der Waals surface area contributed by atoms with E-state index < -0.39 is 6.04 Å². The smallest absolute Gasteiger partial charge is 0.261 e. The molecule has 6 heteroatoms. The van der Waals surface area contributed by atoms with Crippen LogP contribution in [-0.4, -0.2) is 42.5 Å². The third kappa shape index (κ3) is 7.24. The molecule has 2 aromatic carbocycles. The summed E-state index contributed by atoms with van der Waals surface area (Å²) in [5, 5.41) is 3.15. The quantitative estimate of drug-likeness (QED) is 0.606. The lowest BCUT2D eigenvalue weighted by Crippen LogP contribution is -2.51. The van der Waals surface area contributed by atoms with Crippen LogP contribution in [0.3, 0.4) is 0 Å². The fourth-order valence-corrected chi connectivity index (χ4v) is 4.36. The standard InChI is InChI=1S/C27H36N2O4/c1-19-13-20(2)15-25(14-19)33-18-26(30)29(17-22-9-8-12-24(16-22)32-4)21(3)27(31)28-23-10-6-5-7-11-23/h8-9,12-16,21,23H,5-7,10-11,17-18H2,1-4H3,(H,28,31)/t21-/m0/s1. The van der Waals surface area contributed by atoms with Gasteiger partial charge in [0.15, 0.2) is 6.61 Å². The van der Waals surface area contributed by atoms with E-state index in [4.69, 9.17) is 9.47 Å². The van der Waals surface area contributed by atoms with Gasteiger partial charge in [-0.25, -0.2) is 0 Å². The zero-order valence-corrected chi connectivity index (χ0v) is 20.2. The first-order chi connectivity index (χ1) is 15.9. The summed E-state index contributed by atoms with van der Waals surface area (Å²) in [6.45, 7) is 5.94. The fourth-order valence-electron chi connectivity index (χ4n) is 4.36. The Morgan fingerprint density at radius 3 is 2.39 bits per heavy atom. The van der Waals surface area contributed by atoms with Gasteiger partial charge in [0.1, 0.15) is 17.5 Å². The summed E-state index contributed by atoms with van der Waals surface area (Å²) in [6.07, 6.45) is 5.49. The molecule has 0 unspecified atom stereocenters. The number of hydrogen-bond donors (Lipinski definition) is 1. The molecule has 0 heterocycles. The molecule has 0 bridgehead atoms. The van der Waals surface area contributed by atoms with E-state index in [9.17, 15) is 9.59 Å².